The van der Waals surface area contributed by atoms with Gasteiger partial charge in [0.2, 0.25) is 5.88 Å². The Kier molecular flexibility index (Phi) is 9.67. The highest BCUT2D eigenvalue weighted by Crippen LogP contribution is 2.33. The topological polar surface area (TPSA) is 56.3 Å². The third-order valence-corrected chi connectivity index (χ3v) is 7.52. The molecular formula is C31H37F2N3O4. The van der Waals surface area contributed by atoms with Gasteiger partial charge in [-0.25, -0.2) is 0 Å². The monoisotopic (exact) mass is 553 g/mol. The number of benzene rings is 2. The number of hydrogen-bond acceptors (Lipinski definition) is 7. The number of methoxy groups -OCH3 is 1. The average Bonchev–Trinajstić information content (AvgIpc) is 3.18. The van der Waals surface area contributed by atoms with Gasteiger partial charge in [0, 0.05) is 37.5 Å². The molecule has 7 nitrogen and oxygen atoms in total. The van der Waals surface area contributed by atoms with Crippen LogP contribution in [0, 0.1) is 0 Å². The fourth-order valence-electron chi connectivity index (χ4n) is 5.44. The lowest BCUT2D eigenvalue weighted by Crippen LogP contribution is -2.46. The molecule has 9 heteroatoms. The molecule has 214 valence electrons. The third kappa shape index (κ3) is 7.40. The van der Waals surface area contributed by atoms with E-state index in [0.29, 0.717) is 50.9 Å². The zero-order valence-corrected chi connectivity index (χ0v) is 22.9. The molecule has 1 aromatic heterocycles. The smallest absolute Gasteiger partial charge is 0.345 e. The number of ether oxygens (including phenoxy) is 4. The van der Waals surface area contributed by atoms with Gasteiger partial charge in [-0.2, -0.15) is 13.8 Å². The standard InChI is InChI=1S/C31H37F2N3O4/c1-37-26-12-10-24(11-13-26)22-39-30-21-25(35-15-17-38-18-16-35)20-29(34-30)36-14-6-5-9-28(40-31(32)33)27(36)19-23-7-3-2-4-8-23/h2-4,7-8,10-13,20-21,27-28,31H,5-6,9,14-19,22H2,1H3/t27-,28-/m0/s1. The van der Waals surface area contributed by atoms with Crippen molar-refractivity contribution in [3.8, 4) is 11.6 Å². The maximum absolute atomic E-state index is 13.6. The first kappa shape index (κ1) is 28.1. The molecule has 2 aliphatic heterocycles. The molecule has 0 radical (unpaired) electrons. The van der Waals surface area contributed by atoms with Gasteiger partial charge in [-0.1, -0.05) is 42.5 Å². The quantitative estimate of drug-likeness (QED) is 0.319. The number of alkyl halides is 2. The molecule has 3 heterocycles. The molecule has 0 saturated carbocycles. The SMILES string of the molecule is COc1ccc(COc2cc(N3CCOCC3)cc(N3CCCC[C@H](OC(F)F)[C@@H]3Cc3ccccc3)n2)cc1. The normalized spacial score (nSPS) is 19.9. The van der Waals surface area contributed by atoms with E-state index in [1.807, 2.05) is 66.7 Å². The lowest BCUT2D eigenvalue weighted by atomic mass is 9.98. The van der Waals surface area contributed by atoms with E-state index in [4.69, 9.17) is 23.9 Å². The predicted molar refractivity (Wildman–Crippen MR) is 151 cm³/mol. The fraction of sp³-hybridized carbons (Fsp3) is 0.452. The highest BCUT2D eigenvalue weighted by Gasteiger charge is 2.34. The summed E-state index contributed by atoms with van der Waals surface area (Å²) in [6.07, 6.45) is 2.19. The summed E-state index contributed by atoms with van der Waals surface area (Å²) in [6.45, 7) is 0.998. The Morgan fingerprint density at radius 2 is 1.73 bits per heavy atom. The molecule has 0 aliphatic carbocycles. The maximum Gasteiger partial charge on any atom is 0.345 e. The minimum absolute atomic E-state index is 0.305. The van der Waals surface area contributed by atoms with Gasteiger partial charge >= 0.3 is 6.61 Å². The van der Waals surface area contributed by atoms with Crippen LogP contribution >= 0.6 is 0 Å². The van der Waals surface area contributed by atoms with Gasteiger partial charge in [-0.05, 0) is 48.9 Å². The lowest BCUT2D eigenvalue weighted by molar-refractivity contribution is -0.169. The number of morpholine rings is 1. The number of rotatable bonds is 10. The van der Waals surface area contributed by atoms with E-state index in [2.05, 4.69) is 9.80 Å². The summed E-state index contributed by atoms with van der Waals surface area (Å²) < 4.78 is 49.4. The Bertz CT molecular complexity index is 1190. The van der Waals surface area contributed by atoms with Crippen LogP contribution in [-0.2, 0) is 22.5 Å². The Morgan fingerprint density at radius 3 is 2.45 bits per heavy atom. The highest BCUT2D eigenvalue weighted by molar-refractivity contribution is 5.59. The van der Waals surface area contributed by atoms with Crippen LogP contribution in [0.3, 0.4) is 0 Å². The first-order valence-corrected chi connectivity index (χ1v) is 13.9. The van der Waals surface area contributed by atoms with Gasteiger partial charge in [-0.3, -0.25) is 0 Å². The summed E-state index contributed by atoms with van der Waals surface area (Å²) in [4.78, 5) is 9.33. The molecule has 2 aliphatic rings. The molecule has 3 aromatic rings. The molecule has 40 heavy (non-hydrogen) atoms. The van der Waals surface area contributed by atoms with E-state index in [0.717, 1.165) is 48.5 Å². The number of halogens is 2. The molecule has 0 amide bonds. The van der Waals surface area contributed by atoms with Gasteiger partial charge in [-0.15, -0.1) is 0 Å². The number of hydrogen-bond donors (Lipinski definition) is 0. The van der Waals surface area contributed by atoms with Crippen LogP contribution in [0.5, 0.6) is 11.6 Å². The lowest BCUT2D eigenvalue weighted by Gasteiger charge is -2.37. The molecule has 0 bridgehead atoms. The predicted octanol–water partition coefficient (Wildman–Crippen LogP) is 5.72. The molecule has 2 atom stereocenters. The first-order valence-electron chi connectivity index (χ1n) is 13.9. The summed E-state index contributed by atoms with van der Waals surface area (Å²) in [6, 6.07) is 21.4. The summed E-state index contributed by atoms with van der Waals surface area (Å²) in [5, 5.41) is 0. The van der Waals surface area contributed by atoms with Crippen molar-refractivity contribution in [2.24, 2.45) is 0 Å². The first-order chi connectivity index (χ1) is 19.6. The zero-order chi connectivity index (χ0) is 27.7. The number of anilines is 2. The van der Waals surface area contributed by atoms with Crippen molar-refractivity contribution < 1.29 is 27.7 Å². The molecule has 0 spiro atoms. The van der Waals surface area contributed by atoms with Crippen LogP contribution in [0.4, 0.5) is 20.3 Å². The summed E-state index contributed by atoms with van der Waals surface area (Å²) in [5.41, 5.74) is 3.04. The van der Waals surface area contributed by atoms with E-state index in [1.165, 1.54) is 0 Å². The Labute approximate surface area is 234 Å². The van der Waals surface area contributed by atoms with Crippen molar-refractivity contribution in [3.05, 3.63) is 77.9 Å². The van der Waals surface area contributed by atoms with Crippen molar-refractivity contribution in [2.75, 3.05) is 49.8 Å². The summed E-state index contributed by atoms with van der Waals surface area (Å²) in [7, 11) is 1.64. The van der Waals surface area contributed by atoms with Crippen LogP contribution in [0.2, 0.25) is 0 Å². The Hall–Kier alpha value is -3.43. The average molecular weight is 554 g/mol. The molecule has 5 rings (SSSR count). The molecule has 0 N–H and O–H groups in total. The van der Waals surface area contributed by atoms with Gasteiger partial charge in [0.15, 0.2) is 0 Å². The van der Waals surface area contributed by atoms with Crippen LogP contribution in [-0.4, -0.2) is 63.7 Å². The third-order valence-electron chi connectivity index (χ3n) is 7.52. The van der Waals surface area contributed by atoms with Crippen molar-refractivity contribution in [3.63, 3.8) is 0 Å². The van der Waals surface area contributed by atoms with Crippen molar-refractivity contribution in [1.29, 1.82) is 0 Å². The second-order valence-corrected chi connectivity index (χ2v) is 10.1. The van der Waals surface area contributed by atoms with Gasteiger partial charge in [0.05, 0.1) is 32.5 Å². The highest BCUT2D eigenvalue weighted by atomic mass is 19.3. The molecule has 2 fully saturated rings. The van der Waals surface area contributed by atoms with Gasteiger partial charge in [0.1, 0.15) is 18.2 Å². The molecular weight excluding hydrogens is 516 g/mol. The van der Waals surface area contributed by atoms with Crippen LogP contribution in [0.1, 0.15) is 30.4 Å². The van der Waals surface area contributed by atoms with Gasteiger partial charge < -0.3 is 28.7 Å². The van der Waals surface area contributed by atoms with Crippen molar-refractivity contribution >= 4 is 11.5 Å². The van der Waals surface area contributed by atoms with E-state index in [9.17, 15) is 8.78 Å². The van der Waals surface area contributed by atoms with Crippen LogP contribution in [0.15, 0.2) is 66.7 Å². The summed E-state index contributed by atoms with van der Waals surface area (Å²) >= 11 is 0. The Balaban J connectivity index is 1.48. The maximum atomic E-state index is 13.6. The van der Waals surface area contributed by atoms with Crippen molar-refractivity contribution in [2.45, 2.75) is 51.0 Å². The number of nitrogens with zero attached hydrogens (tertiary/aromatic N) is 3. The van der Waals surface area contributed by atoms with Crippen LogP contribution < -0.4 is 19.3 Å². The van der Waals surface area contributed by atoms with E-state index in [-0.39, 0.29) is 6.04 Å². The van der Waals surface area contributed by atoms with Crippen LogP contribution in [0.25, 0.3) is 0 Å². The second-order valence-electron chi connectivity index (χ2n) is 10.1. The number of aromatic nitrogens is 1. The summed E-state index contributed by atoms with van der Waals surface area (Å²) in [5.74, 6) is 1.98. The second kappa shape index (κ2) is 13.8. The number of pyridine rings is 1. The fourth-order valence-corrected chi connectivity index (χ4v) is 5.44. The largest absolute Gasteiger partial charge is 0.497 e. The molecule has 2 saturated heterocycles. The van der Waals surface area contributed by atoms with Crippen molar-refractivity contribution in [1.82, 2.24) is 4.98 Å². The minimum atomic E-state index is -2.83. The Morgan fingerprint density at radius 1 is 0.950 bits per heavy atom. The van der Waals surface area contributed by atoms with E-state index in [1.54, 1.807) is 7.11 Å². The molecule has 2 aromatic carbocycles. The van der Waals surface area contributed by atoms with Gasteiger partial charge in [0.25, 0.3) is 0 Å². The van der Waals surface area contributed by atoms with E-state index < -0.39 is 12.7 Å². The van der Waals surface area contributed by atoms with E-state index >= 15 is 0 Å². The molecule has 0 unspecified atom stereocenters. The minimum Gasteiger partial charge on any atom is -0.497 e. The zero-order valence-electron chi connectivity index (χ0n) is 22.9.